The van der Waals surface area contributed by atoms with Gasteiger partial charge in [-0.25, -0.2) is 0 Å². The molecular formula is C6H6N2. The molecule has 40 valence electrons. The van der Waals surface area contributed by atoms with E-state index in [2.05, 4.69) is 23.1 Å². The molecule has 2 nitrogen and oxygen atoms in total. The molecule has 2 heteroatoms. The summed E-state index contributed by atoms with van der Waals surface area (Å²) in [5.41, 5.74) is 0. The number of aromatic nitrogens is 2. The Bertz CT molecular complexity index is 214. The number of hydrogen-bond acceptors (Lipinski definition) is 2. The molecule has 0 fully saturated rings. The zero-order chi connectivity index (χ0) is 5.98. The highest BCUT2D eigenvalue weighted by Crippen LogP contribution is 1.47. The largest absolute Gasteiger partial charge is 0.254 e. The predicted octanol–water partition coefficient (Wildman–Crippen LogP) is -0.703. The Morgan fingerprint density at radius 1 is 1.00 bits per heavy atom. The summed E-state index contributed by atoms with van der Waals surface area (Å²) in [6.07, 6.45) is 3.17. The highest BCUT2D eigenvalue weighted by molar-refractivity contribution is 4.96. The van der Waals surface area contributed by atoms with Gasteiger partial charge in [-0.1, -0.05) is 13.2 Å². The second kappa shape index (κ2) is 1.74. The molecule has 0 atom stereocenters. The Hall–Kier alpha value is -1.18. The maximum Gasteiger partial charge on any atom is 0.0741 e. The summed E-state index contributed by atoms with van der Waals surface area (Å²) < 4.78 is 0. The van der Waals surface area contributed by atoms with Crippen molar-refractivity contribution in [1.29, 1.82) is 0 Å². The molecular weight excluding hydrogens is 100 g/mol. The molecule has 1 aromatic heterocycles. The molecule has 8 heavy (non-hydrogen) atoms. The molecule has 0 bridgehead atoms. The van der Waals surface area contributed by atoms with E-state index in [1.54, 1.807) is 12.4 Å². The lowest BCUT2D eigenvalue weighted by Gasteiger charge is -1.78. The third-order valence-corrected chi connectivity index (χ3v) is 0.759. The molecule has 0 aliphatic carbocycles. The van der Waals surface area contributed by atoms with Gasteiger partial charge in [-0.05, 0) is 0 Å². The molecule has 0 N–H and O–H groups in total. The van der Waals surface area contributed by atoms with Crippen LogP contribution in [0.1, 0.15) is 0 Å². The van der Waals surface area contributed by atoms with Crippen LogP contribution in [0, 0.1) is 0 Å². The van der Waals surface area contributed by atoms with Gasteiger partial charge in [0.1, 0.15) is 0 Å². The van der Waals surface area contributed by atoms with E-state index in [1.807, 2.05) is 0 Å². The highest BCUT2D eigenvalue weighted by Gasteiger charge is 1.71. The van der Waals surface area contributed by atoms with Crippen LogP contribution >= 0.6 is 0 Å². The fourth-order valence-corrected chi connectivity index (χ4v) is 0.382. The lowest BCUT2D eigenvalue weighted by Crippen LogP contribution is -2.13. The van der Waals surface area contributed by atoms with Crippen molar-refractivity contribution in [2.45, 2.75) is 0 Å². The molecule has 0 saturated heterocycles. The van der Waals surface area contributed by atoms with Crippen LogP contribution < -0.4 is 10.7 Å². The van der Waals surface area contributed by atoms with Gasteiger partial charge >= 0.3 is 0 Å². The third-order valence-electron chi connectivity index (χ3n) is 0.759. The Morgan fingerprint density at radius 3 is 1.62 bits per heavy atom. The third kappa shape index (κ3) is 0.904. The van der Waals surface area contributed by atoms with Crippen molar-refractivity contribution in [3.05, 3.63) is 23.1 Å². The van der Waals surface area contributed by atoms with Crippen molar-refractivity contribution in [3.63, 3.8) is 0 Å². The molecule has 0 aliphatic rings. The first kappa shape index (κ1) is 4.97. The van der Waals surface area contributed by atoms with E-state index >= 15 is 0 Å². The van der Waals surface area contributed by atoms with Crippen molar-refractivity contribution >= 4 is 13.2 Å². The Balaban J connectivity index is 3.44. The monoisotopic (exact) mass is 106 g/mol. The van der Waals surface area contributed by atoms with Gasteiger partial charge in [0.05, 0.1) is 23.1 Å². The standard InChI is InChI=1S/C6H6N2/c1-5-3-8-6(2)4-7-5/h3-4H,1-2H2. The molecule has 1 aromatic rings. The molecule has 0 amide bonds. The zero-order valence-electron chi connectivity index (χ0n) is 4.46. The first-order chi connectivity index (χ1) is 3.79. The van der Waals surface area contributed by atoms with Gasteiger partial charge in [0.25, 0.3) is 0 Å². The maximum atomic E-state index is 3.84. The summed E-state index contributed by atoms with van der Waals surface area (Å²) in [7, 11) is 0. The van der Waals surface area contributed by atoms with Crippen LogP contribution in [0.15, 0.2) is 12.4 Å². The van der Waals surface area contributed by atoms with Gasteiger partial charge in [-0.3, -0.25) is 9.97 Å². The van der Waals surface area contributed by atoms with Crippen LogP contribution in [0.25, 0.3) is 13.2 Å². The summed E-state index contributed by atoms with van der Waals surface area (Å²) in [5.74, 6) is 0. The number of hydrogen-bond donors (Lipinski definition) is 0. The number of rotatable bonds is 0. The average Bonchev–Trinajstić information content (AvgIpc) is 1.77. The van der Waals surface area contributed by atoms with E-state index in [9.17, 15) is 0 Å². The molecule has 1 heterocycles. The van der Waals surface area contributed by atoms with Crippen molar-refractivity contribution in [2.75, 3.05) is 0 Å². The van der Waals surface area contributed by atoms with Crippen LogP contribution in [0.5, 0.6) is 0 Å². The van der Waals surface area contributed by atoms with Crippen LogP contribution in [0.4, 0.5) is 0 Å². The molecule has 0 saturated carbocycles. The van der Waals surface area contributed by atoms with Gasteiger partial charge in [0, 0.05) is 0 Å². The second-order valence-corrected chi connectivity index (χ2v) is 1.50. The summed E-state index contributed by atoms with van der Waals surface area (Å²) >= 11 is 0. The molecule has 0 unspecified atom stereocenters. The smallest absolute Gasteiger partial charge is 0.0741 e. The average molecular weight is 106 g/mol. The van der Waals surface area contributed by atoms with Crippen LogP contribution in [0.3, 0.4) is 0 Å². The highest BCUT2D eigenvalue weighted by atomic mass is 14.7. The lowest BCUT2D eigenvalue weighted by molar-refractivity contribution is 1.11. The van der Waals surface area contributed by atoms with Gasteiger partial charge in [-0.15, -0.1) is 0 Å². The summed E-state index contributed by atoms with van der Waals surface area (Å²) in [5, 5.41) is 1.36. The number of nitrogens with zero attached hydrogens (tertiary/aromatic N) is 2. The molecule has 0 aromatic carbocycles. The SMILES string of the molecule is C=c1cnc(=C)cn1. The Morgan fingerprint density at radius 2 is 1.38 bits per heavy atom. The van der Waals surface area contributed by atoms with Gasteiger partial charge in [0.2, 0.25) is 0 Å². The van der Waals surface area contributed by atoms with Crippen LogP contribution in [-0.4, -0.2) is 9.97 Å². The van der Waals surface area contributed by atoms with Gasteiger partial charge in [-0.2, -0.15) is 0 Å². The summed E-state index contributed by atoms with van der Waals surface area (Å²) in [6, 6.07) is 0. The topological polar surface area (TPSA) is 25.8 Å². The fourth-order valence-electron chi connectivity index (χ4n) is 0.382. The van der Waals surface area contributed by atoms with E-state index in [-0.39, 0.29) is 0 Å². The summed E-state index contributed by atoms with van der Waals surface area (Å²) in [6.45, 7) is 7.12. The maximum absolute atomic E-state index is 3.84. The second-order valence-electron chi connectivity index (χ2n) is 1.50. The van der Waals surface area contributed by atoms with Crippen molar-refractivity contribution in [2.24, 2.45) is 0 Å². The first-order valence-corrected chi connectivity index (χ1v) is 2.25. The summed E-state index contributed by atoms with van der Waals surface area (Å²) in [4.78, 5) is 7.69. The van der Waals surface area contributed by atoms with E-state index in [0.29, 0.717) is 10.7 Å². The van der Waals surface area contributed by atoms with Crippen molar-refractivity contribution in [3.8, 4) is 0 Å². The fraction of sp³-hybridized carbons (Fsp3) is 0. The molecule has 0 spiro atoms. The van der Waals surface area contributed by atoms with Crippen molar-refractivity contribution in [1.82, 2.24) is 9.97 Å². The van der Waals surface area contributed by atoms with E-state index in [1.165, 1.54) is 0 Å². The van der Waals surface area contributed by atoms with Crippen molar-refractivity contribution < 1.29 is 0 Å². The molecule has 1 rings (SSSR count). The minimum absolute atomic E-state index is 0.678. The van der Waals surface area contributed by atoms with Gasteiger partial charge in [0.15, 0.2) is 0 Å². The normalized spacial score (nSPS) is 9.00. The van der Waals surface area contributed by atoms with E-state index in [0.717, 1.165) is 0 Å². The molecule has 0 radical (unpaired) electrons. The van der Waals surface area contributed by atoms with Crippen LogP contribution in [-0.2, 0) is 0 Å². The van der Waals surface area contributed by atoms with Crippen LogP contribution in [0.2, 0.25) is 0 Å². The lowest BCUT2D eigenvalue weighted by atomic mass is 10.6. The predicted molar refractivity (Wildman–Crippen MR) is 32.3 cm³/mol. The Labute approximate surface area is 47.2 Å². The molecule has 0 aliphatic heterocycles. The first-order valence-electron chi connectivity index (χ1n) is 2.25. The Kier molecular flexibility index (Phi) is 1.08. The van der Waals surface area contributed by atoms with E-state index < -0.39 is 0 Å². The quantitative estimate of drug-likeness (QED) is 0.437. The van der Waals surface area contributed by atoms with Gasteiger partial charge < -0.3 is 0 Å². The van der Waals surface area contributed by atoms with E-state index in [4.69, 9.17) is 0 Å². The minimum atomic E-state index is 0.678. The minimum Gasteiger partial charge on any atom is -0.254 e. The zero-order valence-corrected chi connectivity index (χ0v) is 4.46.